The molecule has 4 heteroatoms. The Balaban J connectivity index is 1.78. The molecule has 2 fully saturated rings. The summed E-state index contributed by atoms with van der Waals surface area (Å²) in [5.74, 6) is 0.977. The van der Waals surface area contributed by atoms with Crippen molar-refractivity contribution in [3.63, 3.8) is 0 Å². The van der Waals surface area contributed by atoms with Crippen LogP contribution in [0.4, 0.5) is 0 Å². The molecule has 2 aromatic rings. The van der Waals surface area contributed by atoms with Crippen molar-refractivity contribution >= 4 is 11.0 Å². The van der Waals surface area contributed by atoms with Gasteiger partial charge in [0.25, 0.3) is 0 Å². The summed E-state index contributed by atoms with van der Waals surface area (Å²) in [4.78, 5) is 7.81. The van der Waals surface area contributed by atoms with Crippen molar-refractivity contribution in [3.8, 4) is 0 Å². The Kier molecular flexibility index (Phi) is 2.44. The summed E-state index contributed by atoms with van der Waals surface area (Å²) in [6.45, 7) is 4.81. The Morgan fingerprint density at radius 2 is 2.26 bits per heavy atom. The Bertz CT molecular complexity index is 609. The van der Waals surface area contributed by atoms with Gasteiger partial charge in [-0.15, -0.1) is 0 Å². The van der Waals surface area contributed by atoms with Gasteiger partial charge in [-0.3, -0.25) is 0 Å². The van der Waals surface area contributed by atoms with E-state index in [2.05, 4.69) is 33.5 Å². The molecule has 4 nitrogen and oxygen atoms in total. The molecule has 2 saturated heterocycles. The smallest absolute Gasteiger partial charge is 0.104 e. The Morgan fingerprint density at radius 1 is 1.37 bits per heavy atom. The molecule has 0 bridgehead atoms. The average Bonchev–Trinajstić information content (AvgIpc) is 2.95. The van der Waals surface area contributed by atoms with Gasteiger partial charge in [0.2, 0.25) is 0 Å². The quantitative estimate of drug-likeness (QED) is 0.864. The summed E-state index contributed by atoms with van der Waals surface area (Å²) in [7, 11) is 0. The van der Waals surface area contributed by atoms with Gasteiger partial charge in [0.15, 0.2) is 0 Å². The largest absolute Gasteiger partial charge is 0.379 e. The lowest BCUT2D eigenvalue weighted by atomic mass is 9.72. The van der Waals surface area contributed by atoms with E-state index in [4.69, 9.17) is 4.74 Å². The van der Waals surface area contributed by atoms with Crippen molar-refractivity contribution < 1.29 is 4.74 Å². The van der Waals surface area contributed by atoms with E-state index in [-0.39, 0.29) is 5.41 Å². The molecule has 2 N–H and O–H groups in total. The minimum absolute atomic E-state index is 0.170. The molecular weight excluding hydrogens is 238 g/mol. The van der Waals surface area contributed by atoms with Gasteiger partial charge in [-0.25, -0.2) is 4.98 Å². The van der Waals surface area contributed by atoms with Gasteiger partial charge in [-0.05, 0) is 44.0 Å². The summed E-state index contributed by atoms with van der Waals surface area (Å²) in [6.07, 6.45) is 2.53. The first-order chi connectivity index (χ1) is 9.28. The number of nitrogens with zero attached hydrogens (tertiary/aromatic N) is 1. The number of imidazole rings is 1. The lowest BCUT2D eigenvalue weighted by Crippen LogP contribution is -2.58. The molecule has 0 amide bonds. The van der Waals surface area contributed by atoms with Gasteiger partial charge >= 0.3 is 0 Å². The number of fused-ring (bicyclic) bond motifs is 1. The number of hydrogen-bond acceptors (Lipinski definition) is 3. The zero-order chi connectivity index (χ0) is 12.9. The Hall–Kier alpha value is -1.39. The summed E-state index contributed by atoms with van der Waals surface area (Å²) in [5, 5.41) is 3.65. The Morgan fingerprint density at radius 3 is 2.95 bits per heavy atom. The van der Waals surface area contributed by atoms with Crippen molar-refractivity contribution in [3.05, 3.63) is 29.6 Å². The number of aromatic amines is 1. The van der Waals surface area contributed by atoms with Crippen LogP contribution in [0.15, 0.2) is 18.2 Å². The van der Waals surface area contributed by atoms with Gasteiger partial charge in [-0.2, -0.15) is 0 Å². The third-order valence-electron chi connectivity index (χ3n) is 4.62. The molecule has 100 valence electrons. The second kappa shape index (κ2) is 4.05. The molecule has 0 saturated carbocycles. The molecule has 2 aliphatic heterocycles. The fourth-order valence-corrected chi connectivity index (χ4v) is 3.49. The van der Waals surface area contributed by atoms with Gasteiger partial charge in [0.05, 0.1) is 29.7 Å². The number of ether oxygens (including phenoxy) is 1. The topological polar surface area (TPSA) is 49.9 Å². The summed E-state index contributed by atoms with van der Waals surface area (Å²) in [5.41, 5.74) is 3.74. The highest BCUT2D eigenvalue weighted by Crippen LogP contribution is 2.39. The molecule has 4 rings (SSSR count). The van der Waals surface area contributed by atoms with E-state index in [0.717, 1.165) is 36.6 Å². The van der Waals surface area contributed by atoms with Crippen molar-refractivity contribution in [2.24, 2.45) is 0 Å². The summed E-state index contributed by atoms with van der Waals surface area (Å²) >= 11 is 0. The number of benzene rings is 1. The number of rotatable bonds is 2. The highest BCUT2D eigenvalue weighted by Gasteiger charge is 2.47. The van der Waals surface area contributed by atoms with Crippen LogP contribution in [0.2, 0.25) is 0 Å². The van der Waals surface area contributed by atoms with Crippen LogP contribution in [0.5, 0.6) is 0 Å². The predicted molar refractivity (Wildman–Crippen MR) is 74.4 cm³/mol. The van der Waals surface area contributed by atoms with E-state index in [9.17, 15) is 0 Å². The number of aryl methyl sites for hydroxylation is 1. The fourth-order valence-electron chi connectivity index (χ4n) is 3.49. The maximum absolute atomic E-state index is 5.56. The molecule has 1 aromatic heterocycles. The van der Waals surface area contributed by atoms with E-state index in [1.807, 2.05) is 6.92 Å². The monoisotopic (exact) mass is 257 g/mol. The SMILES string of the molecule is Cc1nc2ccc(C3(C4CCCN4)COC3)cc2[nH]1. The first kappa shape index (κ1) is 11.4. The second-order valence-electron chi connectivity index (χ2n) is 5.85. The molecule has 19 heavy (non-hydrogen) atoms. The maximum atomic E-state index is 5.56. The van der Waals surface area contributed by atoms with Crippen molar-refractivity contribution in [1.29, 1.82) is 0 Å². The van der Waals surface area contributed by atoms with Crippen LogP contribution in [-0.2, 0) is 10.2 Å². The highest BCUT2D eigenvalue weighted by atomic mass is 16.5. The van der Waals surface area contributed by atoms with Crippen molar-refractivity contribution in [2.75, 3.05) is 19.8 Å². The minimum atomic E-state index is 0.170. The van der Waals surface area contributed by atoms with Crippen LogP contribution in [-0.4, -0.2) is 35.8 Å². The molecule has 1 atom stereocenters. The fraction of sp³-hybridized carbons (Fsp3) is 0.533. The number of H-pyrrole nitrogens is 1. The highest BCUT2D eigenvalue weighted by molar-refractivity contribution is 5.76. The molecule has 0 spiro atoms. The van der Waals surface area contributed by atoms with Crippen LogP contribution in [0.25, 0.3) is 11.0 Å². The van der Waals surface area contributed by atoms with Gasteiger partial charge in [0.1, 0.15) is 5.82 Å². The van der Waals surface area contributed by atoms with Crippen LogP contribution in [0, 0.1) is 6.92 Å². The van der Waals surface area contributed by atoms with Crippen molar-refractivity contribution in [1.82, 2.24) is 15.3 Å². The van der Waals surface area contributed by atoms with E-state index in [1.165, 1.54) is 18.4 Å². The van der Waals surface area contributed by atoms with Crippen LogP contribution in [0.1, 0.15) is 24.2 Å². The third-order valence-corrected chi connectivity index (χ3v) is 4.62. The van der Waals surface area contributed by atoms with E-state index in [0.29, 0.717) is 6.04 Å². The molecule has 1 aromatic carbocycles. The third kappa shape index (κ3) is 1.63. The summed E-state index contributed by atoms with van der Waals surface area (Å²) in [6, 6.07) is 7.18. The molecule has 1 unspecified atom stereocenters. The summed E-state index contributed by atoms with van der Waals surface area (Å²) < 4.78 is 5.56. The minimum Gasteiger partial charge on any atom is -0.379 e. The van der Waals surface area contributed by atoms with Crippen LogP contribution in [0.3, 0.4) is 0 Å². The number of hydrogen-bond donors (Lipinski definition) is 2. The molecule has 2 aliphatic rings. The number of aromatic nitrogens is 2. The van der Waals surface area contributed by atoms with E-state index >= 15 is 0 Å². The van der Waals surface area contributed by atoms with E-state index in [1.54, 1.807) is 0 Å². The first-order valence-corrected chi connectivity index (χ1v) is 7.06. The number of nitrogens with one attached hydrogen (secondary N) is 2. The van der Waals surface area contributed by atoms with Gasteiger partial charge < -0.3 is 15.0 Å². The first-order valence-electron chi connectivity index (χ1n) is 7.06. The lowest BCUT2D eigenvalue weighted by molar-refractivity contribution is -0.0760. The maximum Gasteiger partial charge on any atom is 0.104 e. The molecule has 0 aliphatic carbocycles. The zero-order valence-corrected chi connectivity index (χ0v) is 11.2. The van der Waals surface area contributed by atoms with E-state index < -0.39 is 0 Å². The second-order valence-corrected chi connectivity index (χ2v) is 5.85. The predicted octanol–water partition coefficient (Wildman–Crippen LogP) is 1.89. The standard InChI is InChI=1S/C15H19N3O/c1-10-17-12-5-4-11(7-13(12)18-10)15(8-19-9-15)14-3-2-6-16-14/h4-5,7,14,16H,2-3,6,8-9H2,1H3,(H,17,18). The van der Waals surface area contributed by atoms with Gasteiger partial charge in [0, 0.05) is 6.04 Å². The van der Waals surface area contributed by atoms with Crippen LogP contribution >= 0.6 is 0 Å². The lowest BCUT2D eigenvalue weighted by Gasteiger charge is -2.46. The van der Waals surface area contributed by atoms with Gasteiger partial charge in [-0.1, -0.05) is 6.07 Å². The molecule has 0 radical (unpaired) electrons. The average molecular weight is 257 g/mol. The van der Waals surface area contributed by atoms with Crippen LogP contribution < -0.4 is 5.32 Å². The Labute approximate surface area is 112 Å². The normalized spacial score (nSPS) is 25.6. The molecular formula is C15H19N3O. The van der Waals surface area contributed by atoms with Crippen molar-refractivity contribution in [2.45, 2.75) is 31.2 Å². The zero-order valence-electron chi connectivity index (χ0n) is 11.2. The molecule has 3 heterocycles.